The molecule has 0 saturated carbocycles. The van der Waals surface area contributed by atoms with E-state index in [1.165, 1.54) is 0 Å². The van der Waals surface area contributed by atoms with Gasteiger partial charge in [-0.1, -0.05) is 254 Å². The zero-order chi connectivity index (χ0) is 106. The molecule has 11 rings (SSSR count). The van der Waals surface area contributed by atoms with Crippen LogP contribution in [0.4, 0.5) is 0 Å². The quantitative estimate of drug-likeness (QED) is 0.174. The Morgan fingerprint density at radius 1 is 0.246 bits per heavy atom. The fourth-order valence-electron chi connectivity index (χ4n) is 24.0. The summed E-state index contributed by atoms with van der Waals surface area (Å²) in [5.74, 6) is 13.7. The third-order valence-electron chi connectivity index (χ3n) is 35.0. The van der Waals surface area contributed by atoms with Crippen LogP contribution in [0.5, 0.6) is 0 Å². The summed E-state index contributed by atoms with van der Waals surface area (Å²) in [6.45, 7) is 118. The van der Waals surface area contributed by atoms with Crippen LogP contribution in [-0.4, -0.2) is 344 Å². The fraction of sp³-hybridized carbons (Fsp3) is 1.00. The average Bonchev–Trinajstić information content (AvgIpc) is 1.66. The van der Waals surface area contributed by atoms with Gasteiger partial charge in [0.25, 0.3) is 0 Å². The predicted octanol–water partition coefficient (Wildman–Crippen LogP) is 25.8. The van der Waals surface area contributed by atoms with E-state index in [2.05, 4.69) is 530 Å². The number of hydrazine groups is 2. The maximum absolute atomic E-state index is 5.77. The van der Waals surface area contributed by atoms with E-state index in [9.17, 15) is 0 Å². The maximum atomic E-state index is 5.77. The Balaban J connectivity index is 0. The number of thioether (sulfide) groups is 2. The van der Waals surface area contributed by atoms with Gasteiger partial charge in [0, 0.05) is 153 Å². The molecule has 0 N–H and O–H groups in total. The number of nitrogens with zero attached hydrogens (tertiary/aromatic N) is 15. The van der Waals surface area contributed by atoms with Gasteiger partial charge in [-0.2, -0.15) is 5.06 Å². The van der Waals surface area contributed by atoms with Crippen molar-refractivity contribution in [3.05, 3.63) is 0 Å². The fourth-order valence-corrected chi connectivity index (χ4v) is 28.7. The van der Waals surface area contributed by atoms with Crippen molar-refractivity contribution >= 4 is 35.5 Å². The highest BCUT2D eigenvalue weighted by atomic mass is 32.2. The van der Waals surface area contributed by atoms with Gasteiger partial charge >= 0.3 is 0 Å². The second-order valence-corrected chi connectivity index (χ2v) is 53.2. The Labute approximate surface area is 855 Å². The molecular weight excluding hydrogens is 1710 g/mol. The number of hydroxylamine groups is 2. The summed E-state index contributed by atoms with van der Waals surface area (Å²) in [5.41, 5.74) is 0. The lowest BCUT2D eigenvalue weighted by Crippen LogP contribution is -2.44. The van der Waals surface area contributed by atoms with Gasteiger partial charge in [-0.15, -0.1) is 23.5 Å². The van der Waals surface area contributed by atoms with E-state index in [1.807, 2.05) is 37.9 Å². The number of ether oxygens (including phenoxy) is 2. The molecule has 0 spiro atoms. The molecule has 11 saturated heterocycles. The van der Waals surface area contributed by atoms with Gasteiger partial charge in [-0.25, -0.2) is 24.3 Å². The summed E-state index contributed by atoms with van der Waals surface area (Å²) in [6.07, 6.45) is 2.97. The lowest BCUT2D eigenvalue weighted by atomic mass is 9.86. The second kappa shape index (κ2) is 63.1. The SMILES string of the molecule is CC.CC(C)C(C)C.CC(C)C1C(C)C(C)C(C)N1C.CC(C)C1C(C)C(C)N(C)N1C.CC(C)C1C(C)C(C)ON1C.CC(C)C1C(C)C(C)SN1C.CC(C)C1C(C)N(C)C(C)N1C.CC(C)C1C(C)OC(C)N1C.CC(C)C1C(C)SC(C)N1C.CC(C)C1N(C)C(C)C(C)N1C.CC(C)C1OC(C)C(C)N1C.CC(C)C1SC(C)C(C)N1C.CC1C(C)N(C)N(C(C)C)C1C. The highest BCUT2D eigenvalue weighted by Crippen LogP contribution is 2.43. The molecule has 808 valence electrons. The van der Waals surface area contributed by atoms with Gasteiger partial charge in [0.05, 0.1) is 41.4 Å². The first kappa shape index (κ1) is 136. The maximum Gasteiger partial charge on any atom is 0.113 e. The normalized spacial score (nSPS) is 38.6. The molecule has 11 fully saturated rings. The van der Waals surface area contributed by atoms with Gasteiger partial charge in [-0.3, -0.25) is 48.9 Å². The van der Waals surface area contributed by atoms with Crippen LogP contribution in [0.2, 0.25) is 0 Å². The van der Waals surface area contributed by atoms with Crippen LogP contribution < -0.4 is 0 Å². The molecule has 11 aliphatic heterocycles. The van der Waals surface area contributed by atoms with E-state index < -0.39 is 0 Å². The number of hydrogen-bond acceptors (Lipinski definition) is 21. The average molecular weight is 1960 g/mol. The molecule has 0 bridgehead atoms. The molecule has 0 radical (unpaired) electrons. The van der Waals surface area contributed by atoms with Gasteiger partial charge in [0.2, 0.25) is 0 Å². The van der Waals surface area contributed by atoms with Gasteiger partial charge in [0.15, 0.2) is 0 Å². The van der Waals surface area contributed by atoms with Crippen molar-refractivity contribution in [1.29, 1.82) is 0 Å². The standard InChI is InChI=1S/C11H23N.4C10H22N2.3C9H19NO.3C9H19NS.C6H14.C2H6/c1-7(2)11-9(4)8(3)10(5)12(11)6;1-7(2)10-8(3)11(5)9(4)12(10)6;1-7(2)10-11(5)8(3)9(4)12(10)6;1-7(2)10-8(3)9(4)11(5)12(10)6;1-7(2)12-10(5)8(3)9(4)11(12)6;1-6(2)9-7(3)11-8(4)10(9)5;1-6(2)9-10(5)7(3)8(4)11-9;1-6(2)9-7(3)8(4)11-10(9)5;1-6(2)9-7(3)11-8(4)10(9)5;1-6(2)9-10(5)7(3)8(4)11-9;1-6(2)9-7(3)8(4)11-10(9)5;1-5(2)6(3)4;1-2/h7-11H,1-6H3;4*7-10H,1-6H3;6*6-9H,1-5H3;5-6H,1-4H3;1-2H3. The number of likely N-dealkylation sites (tertiary alicyclic amines) is 1. The minimum Gasteiger partial charge on any atom is -0.359 e. The smallest absolute Gasteiger partial charge is 0.113 e. The van der Waals surface area contributed by atoms with E-state index in [1.54, 1.807) is 0 Å². The second-order valence-electron chi connectivity index (χ2n) is 48.5. The van der Waals surface area contributed by atoms with Crippen LogP contribution in [0, 0.1) is 107 Å². The Kier molecular flexibility index (Phi) is 64.2. The summed E-state index contributed by atoms with van der Waals surface area (Å²) in [4.78, 5) is 27.7. The molecular formula is C113H245N15O3S3. The van der Waals surface area contributed by atoms with Crippen molar-refractivity contribution in [2.75, 3.05) is 98.7 Å². The largest absolute Gasteiger partial charge is 0.359 e. The Morgan fingerprint density at radius 2 is 0.679 bits per heavy atom. The highest BCUT2D eigenvalue weighted by molar-refractivity contribution is 8.01. The molecule has 0 aromatic rings. The van der Waals surface area contributed by atoms with Gasteiger partial charge in [0.1, 0.15) is 12.5 Å². The van der Waals surface area contributed by atoms with Crippen molar-refractivity contribution in [2.45, 2.75) is 532 Å². The van der Waals surface area contributed by atoms with Crippen LogP contribution in [0.1, 0.15) is 360 Å². The van der Waals surface area contributed by atoms with Gasteiger partial charge < -0.3 is 9.47 Å². The summed E-state index contributed by atoms with van der Waals surface area (Å²) >= 11 is 6.20. The zero-order valence-electron chi connectivity index (χ0n) is 102. The minimum atomic E-state index is 0.289. The molecule has 0 aliphatic carbocycles. The molecule has 11 heterocycles. The Bertz CT molecular complexity index is 2550. The monoisotopic (exact) mass is 1960 g/mol. The van der Waals surface area contributed by atoms with Crippen molar-refractivity contribution in [3.63, 3.8) is 0 Å². The summed E-state index contributed by atoms with van der Waals surface area (Å²) in [5, 5.41) is 15.5. The van der Waals surface area contributed by atoms with Crippen LogP contribution in [0.3, 0.4) is 0 Å². The third-order valence-corrected chi connectivity index (χ3v) is 39.8. The molecule has 33 atom stereocenters. The van der Waals surface area contributed by atoms with E-state index >= 15 is 0 Å². The highest BCUT2D eigenvalue weighted by Gasteiger charge is 2.47. The summed E-state index contributed by atoms with van der Waals surface area (Å²) < 4.78 is 13.9. The first-order valence-electron chi connectivity index (χ1n) is 55.0. The number of rotatable bonds is 12. The lowest BCUT2D eigenvalue weighted by molar-refractivity contribution is -0.144. The van der Waals surface area contributed by atoms with Crippen LogP contribution in [0.15, 0.2) is 0 Å². The number of hydrogen-bond donors (Lipinski definition) is 0. The van der Waals surface area contributed by atoms with Crippen LogP contribution >= 0.6 is 35.5 Å². The van der Waals surface area contributed by atoms with Crippen molar-refractivity contribution in [1.82, 2.24) is 73.5 Å². The molecule has 0 amide bonds. The molecule has 11 aliphatic rings. The Morgan fingerprint density at radius 3 is 0.843 bits per heavy atom. The van der Waals surface area contributed by atoms with Crippen molar-refractivity contribution in [3.8, 4) is 0 Å². The van der Waals surface area contributed by atoms with E-state index in [0.717, 1.165) is 128 Å². The topological polar surface area (TPSA) is 76.3 Å². The third kappa shape index (κ3) is 38.2. The predicted molar refractivity (Wildman–Crippen MR) is 604 cm³/mol. The lowest BCUT2D eigenvalue weighted by Gasteiger charge is -2.33. The van der Waals surface area contributed by atoms with Crippen LogP contribution in [-0.2, 0) is 14.3 Å². The number of likely N-dealkylation sites (N-methyl/N-ethyl adjacent to an activating group) is 6. The molecule has 21 heteroatoms. The first-order chi connectivity index (χ1) is 61.2. The molecule has 18 nitrogen and oxygen atoms in total. The molecule has 0 aromatic heterocycles. The van der Waals surface area contributed by atoms with Crippen molar-refractivity contribution in [2.24, 2.45) is 107 Å². The minimum absolute atomic E-state index is 0.289. The Hall–Kier alpha value is 0.330. The van der Waals surface area contributed by atoms with E-state index in [0.29, 0.717) is 144 Å². The zero-order valence-corrected chi connectivity index (χ0v) is 105. The van der Waals surface area contributed by atoms with E-state index in [4.69, 9.17) is 14.3 Å². The van der Waals surface area contributed by atoms with Gasteiger partial charge in [-0.05, 0) is 289 Å². The van der Waals surface area contributed by atoms with Crippen molar-refractivity contribution < 1.29 is 14.3 Å². The van der Waals surface area contributed by atoms with E-state index in [-0.39, 0.29) is 6.23 Å². The first-order valence-corrected chi connectivity index (χ1v) is 57.8. The summed E-state index contributed by atoms with van der Waals surface area (Å²) in [7, 11) is 30.8. The van der Waals surface area contributed by atoms with Crippen LogP contribution in [0.25, 0.3) is 0 Å². The molecule has 0 aromatic carbocycles. The molecule has 33 unspecified atom stereocenters. The molecule has 134 heavy (non-hydrogen) atoms. The summed E-state index contributed by atoms with van der Waals surface area (Å²) in [6, 6.07) is 11.7.